The van der Waals surface area contributed by atoms with Crippen molar-refractivity contribution in [3.8, 4) is 0 Å². The summed E-state index contributed by atoms with van der Waals surface area (Å²) in [6, 6.07) is 0. The van der Waals surface area contributed by atoms with Gasteiger partial charge in [-0.15, -0.1) is 0 Å². The number of aliphatic hydroxyl groups is 1. The molecule has 2 aliphatic rings. The first-order chi connectivity index (χ1) is 9.13. The van der Waals surface area contributed by atoms with E-state index < -0.39 is 5.60 Å². The van der Waals surface area contributed by atoms with E-state index in [1.54, 1.807) is 0 Å². The van der Waals surface area contributed by atoms with E-state index in [4.69, 9.17) is 4.74 Å². The average molecular weight is 269 g/mol. The van der Waals surface area contributed by atoms with Gasteiger partial charge in [0, 0.05) is 19.1 Å². The van der Waals surface area contributed by atoms with E-state index in [0.717, 1.165) is 51.4 Å². The summed E-state index contributed by atoms with van der Waals surface area (Å²) >= 11 is 0. The minimum Gasteiger partial charge on any atom is -0.388 e. The maximum absolute atomic E-state index is 12.2. The van der Waals surface area contributed by atoms with Crippen LogP contribution in [0.25, 0.3) is 0 Å². The molecule has 4 heteroatoms. The smallest absolute Gasteiger partial charge is 0.223 e. The van der Waals surface area contributed by atoms with E-state index in [9.17, 15) is 9.90 Å². The molecule has 0 aromatic carbocycles. The zero-order valence-corrected chi connectivity index (χ0v) is 12.0. The van der Waals surface area contributed by atoms with Gasteiger partial charge in [-0.25, -0.2) is 0 Å². The molecule has 0 aromatic heterocycles. The number of carbonyl (C=O) groups excluding carboxylic acids is 1. The van der Waals surface area contributed by atoms with Crippen molar-refractivity contribution in [1.82, 2.24) is 5.32 Å². The first-order valence-corrected chi connectivity index (χ1v) is 7.75. The average Bonchev–Trinajstić information content (AvgIpc) is 2.84. The van der Waals surface area contributed by atoms with Crippen LogP contribution in [0.2, 0.25) is 0 Å². The number of ether oxygens (including phenoxy) is 1. The summed E-state index contributed by atoms with van der Waals surface area (Å²) in [6.07, 6.45) is 7.79. The third-order valence-electron chi connectivity index (χ3n) is 4.47. The Morgan fingerprint density at radius 1 is 1.42 bits per heavy atom. The second kappa shape index (κ2) is 6.71. The van der Waals surface area contributed by atoms with Crippen LogP contribution in [0.15, 0.2) is 0 Å². The first-order valence-electron chi connectivity index (χ1n) is 7.75. The van der Waals surface area contributed by atoms with E-state index in [0.29, 0.717) is 13.2 Å². The summed E-state index contributed by atoms with van der Waals surface area (Å²) in [7, 11) is 0. The molecule has 2 fully saturated rings. The van der Waals surface area contributed by atoms with Crippen molar-refractivity contribution in [2.75, 3.05) is 13.2 Å². The highest BCUT2D eigenvalue weighted by atomic mass is 16.5. The van der Waals surface area contributed by atoms with Crippen molar-refractivity contribution < 1.29 is 14.6 Å². The van der Waals surface area contributed by atoms with Gasteiger partial charge in [-0.3, -0.25) is 4.79 Å². The summed E-state index contributed by atoms with van der Waals surface area (Å²) in [4.78, 5) is 12.2. The maximum atomic E-state index is 12.2. The topological polar surface area (TPSA) is 58.6 Å². The normalized spacial score (nSPS) is 30.2. The van der Waals surface area contributed by atoms with Crippen LogP contribution in [0.3, 0.4) is 0 Å². The molecule has 4 nitrogen and oxygen atoms in total. The molecule has 2 unspecified atom stereocenters. The van der Waals surface area contributed by atoms with Crippen molar-refractivity contribution in [1.29, 1.82) is 0 Å². The molecule has 1 saturated carbocycles. The van der Waals surface area contributed by atoms with E-state index >= 15 is 0 Å². The molecule has 0 aromatic rings. The zero-order chi connectivity index (χ0) is 13.7. The van der Waals surface area contributed by atoms with Crippen LogP contribution in [0.5, 0.6) is 0 Å². The van der Waals surface area contributed by atoms with Crippen LogP contribution in [0, 0.1) is 5.92 Å². The fourth-order valence-electron chi connectivity index (χ4n) is 3.25. The minimum absolute atomic E-state index is 0.0651. The van der Waals surface area contributed by atoms with Crippen LogP contribution in [0.1, 0.15) is 58.3 Å². The lowest BCUT2D eigenvalue weighted by Gasteiger charge is -2.30. The molecule has 0 spiro atoms. The van der Waals surface area contributed by atoms with E-state index in [-0.39, 0.29) is 17.9 Å². The molecular weight excluding hydrogens is 242 g/mol. The van der Waals surface area contributed by atoms with Crippen LogP contribution in [-0.2, 0) is 9.53 Å². The molecule has 0 bridgehead atoms. The SMILES string of the molecule is CCCC1CC(C(=O)NCC2(O)CCCC2)CCO1. The number of hydrogen-bond donors (Lipinski definition) is 2. The van der Waals surface area contributed by atoms with Gasteiger partial charge in [0.2, 0.25) is 5.91 Å². The lowest BCUT2D eigenvalue weighted by molar-refractivity contribution is -0.131. The molecule has 2 atom stereocenters. The third kappa shape index (κ3) is 4.18. The highest BCUT2D eigenvalue weighted by Gasteiger charge is 2.33. The van der Waals surface area contributed by atoms with Crippen LogP contribution in [0.4, 0.5) is 0 Å². The van der Waals surface area contributed by atoms with Crippen LogP contribution in [-0.4, -0.2) is 35.9 Å². The Morgan fingerprint density at radius 3 is 2.84 bits per heavy atom. The van der Waals surface area contributed by atoms with Gasteiger partial charge in [0.1, 0.15) is 0 Å². The highest BCUT2D eigenvalue weighted by molar-refractivity contribution is 5.78. The Morgan fingerprint density at radius 2 is 2.16 bits per heavy atom. The molecule has 1 saturated heterocycles. The number of rotatable bonds is 5. The maximum Gasteiger partial charge on any atom is 0.223 e. The monoisotopic (exact) mass is 269 g/mol. The van der Waals surface area contributed by atoms with Gasteiger partial charge in [-0.05, 0) is 32.1 Å². The summed E-state index contributed by atoms with van der Waals surface area (Å²) in [5.74, 6) is 0.167. The van der Waals surface area contributed by atoms with Crippen molar-refractivity contribution >= 4 is 5.91 Å². The van der Waals surface area contributed by atoms with Crippen molar-refractivity contribution in [2.24, 2.45) is 5.92 Å². The Bertz CT molecular complexity index is 298. The number of carbonyl (C=O) groups is 1. The quantitative estimate of drug-likeness (QED) is 0.802. The minimum atomic E-state index is -0.649. The van der Waals surface area contributed by atoms with Crippen molar-refractivity contribution in [3.63, 3.8) is 0 Å². The summed E-state index contributed by atoms with van der Waals surface area (Å²) < 4.78 is 5.67. The van der Waals surface area contributed by atoms with E-state index in [1.165, 1.54) is 0 Å². The lowest BCUT2D eigenvalue weighted by Crippen LogP contribution is -2.44. The molecule has 110 valence electrons. The molecule has 0 radical (unpaired) electrons. The summed E-state index contributed by atoms with van der Waals surface area (Å²) in [6.45, 7) is 3.25. The second-order valence-corrected chi connectivity index (χ2v) is 6.15. The van der Waals surface area contributed by atoms with E-state index in [1.807, 2.05) is 0 Å². The molecule has 19 heavy (non-hydrogen) atoms. The Balaban J connectivity index is 1.76. The fraction of sp³-hybridized carbons (Fsp3) is 0.933. The molecule has 2 rings (SSSR count). The van der Waals surface area contributed by atoms with Gasteiger partial charge in [0.15, 0.2) is 0 Å². The van der Waals surface area contributed by atoms with Crippen LogP contribution < -0.4 is 5.32 Å². The Labute approximate surface area is 115 Å². The summed E-state index contributed by atoms with van der Waals surface area (Å²) in [5, 5.41) is 13.2. The van der Waals surface area contributed by atoms with Crippen molar-refractivity contribution in [2.45, 2.75) is 70.0 Å². The standard InChI is InChI=1S/C15H27NO3/c1-2-5-13-10-12(6-9-19-13)14(17)16-11-15(18)7-3-4-8-15/h12-13,18H,2-11H2,1H3,(H,16,17). The van der Waals surface area contributed by atoms with Gasteiger partial charge in [0.05, 0.1) is 11.7 Å². The predicted octanol–water partition coefficient (Wildman–Crippen LogP) is 2.00. The predicted molar refractivity (Wildman–Crippen MR) is 73.8 cm³/mol. The summed E-state index contributed by atoms with van der Waals surface area (Å²) in [5.41, 5.74) is -0.649. The Kier molecular flexibility index (Phi) is 5.22. The molecule has 1 heterocycles. The van der Waals surface area contributed by atoms with Gasteiger partial charge < -0.3 is 15.2 Å². The molecule has 1 amide bonds. The molecule has 1 aliphatic heterocycles. The van der Waals surface area contributed by atoms with E-state index in [2.05, 4.69) is 12.2 Å². The van der Waals surface area contributed by atoms with Gasteiger partial charge in [-0.1, -0.05) is 26.2 Å². The molecule has 1 aliphatic carbocycles. The highest BCUT2D eigenvalue weighted by Crippen LogP contribution is 2.29. The zero-order valence-electron chi connectivity index (χ0n) is 12.0. The number of hydrogen-bond acceptors (Lipinski definition) is 3. The lowest BCUT2D eigenvalue weighted by atomic mass is 9.92. The van der Waals surface area contributed by atoms with Gasteiger partial charge in [-0.2, -0.15) is 0 Å². The third-order valence-corrected chi connectivity index (χ3v) is 4.47. The van der Waals surface area contributed by atoms with Gasteiger partial charge >= 0.3 is 0 Å². The van der Waals surface area contributed by atoms with Gasteiger partial charge in [0.25, 0.3) is 0 Å². The number of nitrogens with one attached hydrogen (secondary N) is 1. The second-order valence-electron chi connectivity index (χ2n) is 6.15. The van der Waals surface area contributed by atoms with Crippen LogP contribution >= 0.6 is 0 Å². The Hall–Kier alpha value is -0.610. The molecular formula is C15H27NO3. The fourth-order valence-corrected chi connectivity index (χ4v) is 3.25. The molecule has 2 N–H and O–H groups in total. The largest absolute Gasteiger partial charge is 0.388 e. The van der Waals surface area contributed by atoms with Crippen molar-refractivity contribution in [3.05, 3.63) is 0 Å². The first kappa shape index (κ1) is 14.8. The number of amides is 1.